The van der Waals surface area contributed by atoms with Crippen LogP contribution in [0.15, 0.2) is 30.6 Å². The number of hydrogen-bond donors (Lipinski definition) is 1. The van der Waals surface area contributed by atoms with E-state index in [1.165, 1.54) is 16.7 Å². The Hall–Kier alpha value is -2.69. The molecular formula is C23H25N3O2. The van der Waals surface area contributed by atoms with E-state index >= 15 is 0 Å². The molecule has 1 atom stereocenters. The number of carbonyl (C=O) groups is 2. The fourth-order valence-electron chi connectivity index (χ4n) is 4.58. The molecule has 0 unspecified atom stereocenters. The summed E-state index contributed by atoms with van der Waals surface area (Å²) >= 11 is 0. The number of rotatable bonds is 3. The number of hydrogen-bond acceptors (Lipinski definition) is 3. The number of pyridine rings is 1. The Morgan fingerprint density at radius 3 is 2.82 bits per heavy atom. The highest BCUT2D eigenvalue weighted by Crippen LogP contribution is 2.38. The quantitative estimate of drug-likeness (QED) is 0.892. The van der Waals surface area contributed by atoms with Gasteiger partial charge in [-0.15, -0.1) is 0 Å². The van der Waals surface area contributed by atoms with Gasteiger partial charge in [0.15, 0.2) is 0 Å². The molecule has 2 aliphatic carbocycles. The number of nitrogens with zero attached hydrogens (tertiary/aromatic N) is 2. The topological polar surface area (TPSA) is 62.3 Å². The molecule has 0 radical (unpaired) electrons. The Labute approximate surface area is 165 Å². The summed E-state index contributed by atoms with van der Waals surface area (Å²) in [4.78, 5) is 30.5. The van der Waals surface area contributed by atoms with Gasteiger partial charge in [-0.2, -0.15) is 0 Å². The zero-order valence-corrected chi connectivity index (χ0v) is 16.2. The van der Waals surface area contributed by atoms with E-state index < -0.39 is 0 Å². The van der Waals surface area contributed by atoms with E-state index in [-0.39, 0.29) is 23.8 Å². The van der Waals surface area contributed by atoms with Gasteiger partial charge in [0.25, 0.3) is 0 Å². The third kappa shape index (κ3) is 2.99. The molecular weight excluding hydrogens is 350 g/mol. The van der Waals surface area contributed by atoms with Crippen LogP contribution in [0.1, 0.15) is 54.8 Å². The molecule has 0 saturated heterocycles. The van der Waals surface area contributed by atoms with E-state index in [9.17, 15) is 9.59 Å². The van der Waals surface area contributed by atoms with E-state index in [0.29, 0.717) is 6.42 Å². The lowest BCUT2D eigenvalue weighted by molar-refractivity contribution is -0.123. The molecule has 1 aromatic heterocycles. The van der Waals surface area contributed by atoms with Gasteiger partial charge in [0.05, 0.1) is 6.04 Å². The summed E-state index contributed by atoms with van der Waals surface area (Å²) in [5.74, 6) is 0.597. The highest BCUT2D eigenvalue weighted by molar-refractivity contribution is 5.96. The first-order valence-corrected chi connectivity index (χ1v) is 10.3. The van der Waals surface area contributed by atoms with Gasteiger partial charge in [-0.25, -0.2) is 0 Å². The van der Waals surface area contributed by atoms with Crippen LogP contribution in [0.4, 0.5) is 5.69 Å². The van der Waals surface area contributed by atoms with Crippen LogP contribution in [-0.2, 0) is 22.4 Å². The summed E-state index contributed by atoms with van der Waals surface area (Å²) in [6.45, 7) is 0. The second-order valence-electron chi connectivity index (χ2n) is 8.28. The molecule has 2 amide bonds. The average molecular weight is 375 g/mol. The van der Waals surface area contributed by atoms with E-state index in [4.69, 9.17) is 0 Å². The Morgan fingerprint density at radius 2 is 2.00 bits per heavy atom. The lowest BCUT2D eigenvalue weighted by atomic mass is 9.84. The number of benzene rings is 1. The smallest absolute Gasteiger partial charge is 0.227 e. The largest absolute Gasteiger partial charge is 0.349 e. The van der Waals surface area contributed by atoms with Crippen LogP contribution in [0, 0.1) is 5.92 Å². The summed E-state index contributed by atoms with van der Waals surface area (Å²) in [6.07, 6.45) is 10.3. The first kappa shape index (κ1) is 17.4. The molecule has 5 nitrogen and oxygen atoms in total. The van der Waals surface area contributed by atoms with E-state index in [1.807, 2.05) is 19.4 Å². The molecule has 2 heterocycles. The van der Waals surface area contributed by atoms with Crippen molar-refractivity contribution in [2.24, 2.45) is 5.92 Å². The normalized spacial score (nSPS) is 21.1. The van der Waals surface area contributed by atoms with Crippen molar-refractivity contribution in [2.75, 3.05) is 11.9 Å². The molecule has 1 fully saturated rings. The number of fused-ring (bicyclic) bond motifs is 2. The SMILES string of the molecule is CN1C(=O)CCc2cc(-c3cncc4c3CCC[C@H]4NC(=O)C3CC3)ccc21. The maximum Gasteiger partial charge on any atom is 0.227 e. The average Bonchev–Trinajstić information content (AvgIpc) is 3.56. The minimum atomic E-state index is 0.0747. The van der Waals surface area contributed by atoms with Gasteiger partial charge in [-0.3, -0.25) is 14.6 Å². The number of amides is 2. The van der Waals surface area contributed by atoms with Crippen molar-refractivity contribution in [3.8, 4) is 11.1 Å². The number of anilines is 1. The molecule has 0 spiro atoms. The van der Waals surface area contributed by atoms with Gasteiger partial charge in [-0.05, 0) is 72.9 Å². The summed E-state index contributed by atoms with van der Waals surface area (Å²) in [5.41, 5.74) is 7.01. The van der Waals surface area contributed by atoms with Gasteiger partial charge in [0.1, 0.15) is 0 Å². The molecule has 5 rings (SSSR count). The Kier molecular flexibility index (Phi) is 4.18. The molecule has 0 bridgehead atoms. The lowest BCUT2D eigenvalue weighted by Gasteiger charge is -2.29. The van der Waals surface area contributed by atoms with Crippen molar-refractivity contribution in [2.45, 2.75) is 51.0 Å². The first-order chi connectivity index (χ1) is 13.6. The van der Waals surface area contributed by atoms with E-state index in [2.05, 4.69) is 28.5 Å². The second kappa shape index (κ2) is 6.73. The molecule has 3 aliphatic rings. The van der Waals surface area contributed by atoms with Crippen molar-refractivity contribution < 1.29 is 9.59 Å². The maximum absolute atomic E-state index is 12.3. The fourth-order valence-corrected chi connectivity index (χ4v) is 4.58. The molecule has 5 heteroatoms. The fraction of sp³-hybridized carbons (Fsp3) is 0.435. The highest BCUT2D eigenvalue weighted by atomic mass is 16.2. The molecule has 1 aliphatic heterocycles. The zero-order chi connectivity index (χ0) is 19.3. The zero-order valence-electron chi connectivity index (χ0n) is 16.2. The monoisotopic (exact) mass is 375 g/mol. The molecule has 1 aromatic carbocycles. The van der Waals surface area contributed by atoms with Gasteiger partial charge >= 0.3 is 0 Å². The third-order valence-electron chi connectivity index (χ3n) is 6.38. The van der Waals surface area contributed by atoms with Crippen LogP contribution < -0.4 is 10.2 Å². The lowest BCUT2D eigenvalue weighted by Crippen LogP contribution is -2.32. The third-order valence-corrected chi connectivity index (χ3v) is 6.38. The van der Waals surface area contributed by atoms with Crippen molar-refractivity contribution in [3.05, 3.63) is 47.3 Å². The van der Waals surface area contributed by atoms with Crippen molar-refractivity contribution in [1.29, 1.82) is 0 Å². The van der Waals surface area contributed by atoms with Gasteiger partial charge in [0, 0.05) is 43.0 Å². The minimum Gasteiger partial charge on any atom is -0.349 e. The van der Waals surface area contributed by atoms with Gasteiger partial charge in [-0.1, -0.05) is 6.07 Å². The molecule has 1 N–H and O–H groups in total. The number of aromatic nitrogens is 1. The molecule has 1 saturated carbocycles. The van der Waals surface area contributed by atoms with E-state index in [1.54, 1.807) is 4.90 Å². The van der Waals surface area contributed by atoms with Crippen LogP contribution in [0.2, 0.25) is 0 Å². The summed E-state index contributed by atoms with van der Waals surface area (Å²) < 4.78 is 0. The predicted molar refractivity (Wildman–Crippen MR) is 108 cm³/mol. The van der Waals surface area contributed by atoms with Crippen LogP contribution in [0.5, 0.6) is 0 Å². The summed E-state index contributed by atoms with van der Waals surface area (Å²) in [6, 6.07) is 6.43. The second-order valence-corrected chi connectivity index (χ2v) is 8.28. The van der Waals surface area contributed by atoms with Crippen LogP contribution in [-0.4, -0.2) is 23.8 Å². The molecule has 144 valence electrons. The number of nitrogens with one attached hydrogen (secondary N) is 1. The maximum atomic E-state index is 12.3. The highest BCUT2D eigenvalue weighted by Gasteiger charge is 2.33. The van der Waals surface area contributed by atoms with Crippen LogP contribution in [0.3, 0.4) is 0 Å². The Bertz CT molecular complexity index is 964. The Morgan fingerprint density at radius 1 is 1.14 bits per heavy atom. The Balaban J connectivity index is 1.50. The molecule has 28 heavy (non-hydrogen) atoms. The van der Waals surface area contributed by atoms with Gasteiger partial charge in [0.2, 0.25) is 11.8 Å². The van der Waals surface area contributed by atoms with Gasteiger partial charge < -0.3 is 10.2 Å². The summed E-state index contributed by atoms with van der Waals surface area (Å²) in [5, 5.41) is 3.25. The van der Waals surface area contributed by atoms with Crippen molar-refractivity contribution >= 4 is 17.5 Å². The predicted octanol–water partition coefficient (Wildman–Crippen LogP) is 3.56. The van der Waals surface area contributed by atoms with Crippen molar-refractivity contribution in [1.82, 2.24) is 10.3 Å². The molecule has 2 aromatic rings. The standard InChI is InChI=1S/C23H25N3O2/c1-26-21-9-7-15(11-16(21)8-10-22(26)27)18-12-24-13-19-17(18)3-2-4-20(19)25-23(28)14-5-6-14/h7,9,11-14,20H,2-6,8,10H2,1H3,(H,25,28)/t20-/m1/s1. The number of aryl methyl sites for hydroxylation is 1. The summed E-state index contributed by atoms with van der Waals surface area (Å²) in [7, 11) is 1.85. The van der Waals surface area contributed by atoms with Crippen molar-refractivity contribution in [3.63, 3.8) is 0 Å². The van der Waals surface area contributed by atoms with Crippen LogP contribution in [0.25, 0.3) is 11.1 Å². The number of carbonyl (C=O) groups excluding carboxylic acids is 2. The van der Waals surface area contributed by atoms with Crippen LogP contribution >= 0.6 is 0 Å². The first-order valence-electron chi connectivity index (χ1n) is 10.3. The van der Waals surface area contributed by atoms with E-state index in [0.717, 1.165) is 55.3 Å². The minimum absolute atomic E-state index is 0.0747.